The number of nitrogens with one attached hydrogen (secondary N) is 1. The van der Waals surface area contributed by atoms with Gasteiger partial charge < -0.3 is 5.32 Å². The fourth-order valence-corrected chi connectivity index (χ4v) is 2.20. The first-order valence-electron chi connectivity index (χ1n) is 5.49. The number of halogens is 2. The molecule has 0 heterocycles. The van der Waals surface area contributed by atoms with Crippen LogP contribution in [0.4, 0.5) is 11.4 Å². The SMILES string of the molecule is O=[N+]([O-])c1cc(NCc2ccccc2Cl)ccc1Br. The van der Waals surface area contributed by atoms with Crippen LogP contribution >= 0.6 is 27.5 Å². The van der Waals surface area contributed by atoms with Crippen molar-refractivity contribution in [2.75, 3.05) is 5.32 Å². The Kier molecular flexibility index (Phi) is 4.39. The molecule has 0 spiro atoms. The predicted molar refractivity (Wildman–Crippen MR) is 79.6 cm³/mol. The largest absolute Gasteiger partial charge is 0.381 e. The van der Waals surface area contributed by atoms with Crippen LogP contribution in [0.5, 0.6) is 0 Å². The second kappa shape index (κ2) is 6.04. The number of hydrogen-bond donors (Lipinski definition) is 1. The van der Waals surface area contributed by atoms with Crippen LogP contribution in [0.15, 0.2) is 46.9 Å². The van der Waals surface area contributed by atoms with Gasteiger partial charge in [-0.3, -0.25) is 10.1 Å². The van der Waals surface area contributed by atoms with Gasteiger partial charge in [-0.25, -0.2) is 0 Å². The summed E-state index contributed by atoms with van der Waals surface area (Å²) < 4.78 is 0.459. The molecular formula is C13H10BrClN2O2. The van der Waals surface area contributed by atoms with Crippen molar-refractivity contribution in [2.24, 2.45) is 0 Å². The molecule has 0 saturated carbocycles. The van der Waals surface area contributed by atoms with E-state index in [0.717, 1.165) is 5.56 Å². The molecule has 6 heteroatoms. The predicted octanol–water partition coefficient (Wildman–Crippen LogP) is 4.62. The highest BCUT2D eigenvalue weighted by molar-refractivity contribution is 9.10. The molecule has 0 amide bonds. The van der Waals surface area contributed by atoms with Crippen molar-refractivity contribution in [3.8, 4) is 0 Å². The van der Waals surface area contributed by atoms with Gasteiger partial charge in [-0.05, 0) is 39.7 Å². The maximum absolute atomic E-state index is 10.8. The molecular weight excluding hydrogens is 332 g/mol. The molecule has 0 unspecified atom stereocenters. The van der Waals surface area contributed by atoms with Crippen molar-refractivity contribution in [1.82, 2.24) is 0 Å². The minimum absolute atomic E-state index is 0.0316. The lowest BCUT2D eigenvalue weighted by atomic mass is 10.2. The van der Waals surface area contributed by atoms with Crippen LogP contribution in [0.25, 0.3) is 0 Å². The van der Waals surface area contributed by atoms with Gasteiger partial charge in [-0.1, -0.05) is 29.8 Å². The van der Waals surface area contributed by atoms with Gasteiger partial charge >= 0.3 is 0 Å². The molecule has 19 heavy (non-hydrogen) atoms. The van der Waals surface area contributed by atoms with Crippen LogP contribution in [-0.2, 0) is 6.54 Å². The zero-order valence-corrected chi connectivity index (χ0v) is 12.1. The fourth-order valence-electron chi connectivity index (χ4n) is 1.60. The highest BCUT2D eigenvalue weighted by Crippen LogP contribution is 2.28. The average Bonchev–Trinajstić information content (AvgIpc) is 2.39. The standard InChI is InChI=1S/C13H10BrClN2O2/c14-11-6-5-10(7-13(11)17(18)19)16-8-9-3-1-2-4-12(9)15/h1-7,16H,8H2. The number of anilines is 1. The molecule has 1 N–H and O–H groups in total. The van der Waals surface area contributed by atoms with E-state index >= 15 is 0 Å². The number of benzene rings is 2. The minimum atomic E-state index is -0.426. The summed E-state index contributed by atoms with van der Waals surface area (Å²) in [5.41, 5.74) is 1.65. The Bertz CT molecular complexity index is 619. The van der Waals surface area contributed by atoms with Crippen molar-refractivity contribution < 1.29 is 4.92 Å². The van der Waals surface area contributed by atoms with E-state index in [1.807, 2.05) is 24.3 Å². The van der Waals surface area contributed by atoms with Gasteiger partial charge in [0.25, 0.3) is 5.69 Å². The molecule has 0 aromatic heterocycles. The van der Waals surface area contributed by atoms with E-state index in [9.17, 15) is 10.1 Å². The van der Waals surface area contributed by atoms with Gasteiger partial charge in [0.05, 0.1) is 9.40 Å². The molecule has 0 aliphatic heterocycles. The number of rotatable bonds is 4. The minimum Gasteiger partial charge on any atom is -0.381 e. The van der Waals surface area contributed by atoms with Crippen molar-refractivity contribution in [2.45, 2.75) is 6.54 Å². The summed E-state index contributed by atoms with van der Waals surface area (Å²) in [7, 11) is 0. The summed E-state index contributed by atoms with van der Waals surface area (Å²) in [5.74, 6) is 0. The summed E-state index contributed by atoms with van der Waals surface area (Å²) >= 11 is 9.19. The van der Waals surface area contributed by atoms with Gasteiger partial charge in [0.15, 0.2) is 0 Å². The van der Waals surface area contributed by atoms with Crippen molar-refractivity contribution in [3.63, 3.8) is 0 Å². The molecule has 98 valence electrons. The molecule has 0 saturated heterocycles. The maximum atomic E-state index is 10.8. The van der Waals surface area contributed by atoms with E-state index < -0.39 is 4.92 Å². The first-order chi connectivity index (χ1) is 9.08. The van der Waals surface area contributed by atoms with Crippen LogP contribution in [0.3, 0.4) is 0 Å². The van der Waals surface area contributed by atoms with E-state index in [4.69, 9.17) is 11.6 Å². The smallest absolute Gasteiger partial charge is 0.285 e. The summed E-state index contributed by atoms with van der Waals surface area (Å²) in [6.07, 6.45) is 0. The molecule has 0 aliphatic rings. The third-order valence-electron chi connectivity index (χ3n) is 2.58. The lowest BCUT2D eigenvalue weighted by molar-refractivity contribution is -0.385. The first kappa shape index (κ1) is 13.8. The topological polar surface area (TPSA) is 55.2 Å². The number of hydrogen-bond acceptors (Lipinski definition) is 3. The van der Waals surface area contributed by atoms with Gasteiger partial charge in [-0.2, -0.15) is 0 Å². The Morgan fingerprint density at radius 1 is 1.26 bits per heavy atom. The summed E-state index contributed by atoms with van der Waals surface area (Å²) in [6, 6.07) is 12.4. The third-order valence-corrected chi connectivity index (χ3v) is 3.62. The van der Waals surface area contributed by atoms with Gasteiger partial charge in [-0.15, -0.1) is 0 Å². The summed E-state index contributed by atoms with van der Waals surface area (Å²) in [6.45, 7) is 0.512. The number of nitro benzene ring substituents is 1. The summed E-state index contributed by atoms with van der Waals surface area (Å²) in [5, 5.41) is 14.6. The molecule has 0 aliphatic carbocycles. The monoisotopic (exact) mass is 340 g/mol. The summed E-state index contributed by atoms with van der Waals surface area (Å²) in [4.78, 5) is 10.4. The lowest BCUT2D eigenvalue weighted by Crippen LogP contribution is -2.00. The Labute approximate surface area is 123 Å². The zero-order chi connectivity index (χ0) is 13.8. The Morgan fingerprint density at radius 3 is 2.68 bits per heavy atom. The lowest BCUT2D eigenvalue weighted by Gasteiger charge is -2.08. The normalized spacial score (nSPS) is 10.2. The number of nitrogens with zero attached hydrogens (tertiary/aromatic N) is 1. The molecule has 2 rings (SSSR count). The van der Waals surface area contributed by atoms with Crippen molar-refractivity contribution in [3.05, 3.63) is 67.6 Å². The van der Waals surface area contributed by atoms with E-state index in [0.29, 0.717) is 21.7 Å². The van der Waals surface area contributed by atoms with Crippen molar-refractivity contribution >= 4 is 38.9 Å². The molecule has 0 bridgehead atoms. The molecule has 0 atom stereocenters. The third kappa shape index (κ3) is 3.45. The second-order valence-corrected chi connectivity index (χ2v) is 5.13. The first-order valence-corrected chi connectivity index (χ1v) is 6.66. The molecule has 4 nitrogen and oxygen atoms in total. The molecule has 0 radical (unpaired) electrons. The van der Waals surface area contributed by atoms with Gasteiger partial charge in [0.2, 0.25) is 0 Å². The number of nitro groups is 1. The maximum Gasteiger partial charge on any atom is 0.285 e. The van der Waals surface area contributed by atoms with Crippen LogP contribution in [0, 0.1) is 10.1 Å². The van der Waals surface area contributed by atoms with E-state index in [1.54, 1.807) is 12.1 Å². The van der Waals surface area contributed by atoms with Gasteiger partial charge in [0, 0.05) is 23.3 Å². The van der Waals surface area contributed by atoms with Crippen LogP contribution in [0.2, 0.25) is 5.02 Å². The average molecular weight is 342 g/mol. The van der Waals surface area contributed by atoms with Crippen LogP contribution < -0.4 is 5.32 Å². The van der Waals surface area contributed by atoms with Crippen LogP contribution in [-0.4, -0.2) is 4.92 Å². The second-order valence-electron chi connectivity index (χ2n) is 3.87. The molecule has 2 aromatic carbocycles. The van der Waals surface area contributed by atoms with E-state index in [1.165, 1.54) is 6.07 Å². The Morgan fingerprint density at radius 2 is 2.00 bits per heavy atom. The molecule has 0 fully saturated rings. The van der Waals surface area contributed by atoms with E-state index in [2.05, 4.69) is 21.2 Å². The Hall–Kier alpha value is -1.59. The highest BCUT2D eigenvalue weighted by Gasteiger charge is 2.12. The van der Waals surface area contributed by atoms with Crippen LogP contribution in [0.1, 0.15) is 5.56 Å². The zero-order valence-electron chi connectivity index (χ0n) is 9.77. The van der Waals surface area contributed by atoms with Crippen molar-refractivity contribution in [1.29, 1.82) is 0 Å². The molecule has 2 aromatic rings. The highest BCUT2D eigenvalue weighted by atomic mass is 79.9. The Balaban J connectivity index is 2.14. The van der Waals surface area contributed by atoms with Gasteiger partial charge in [0.1, 0.15) is 0 Å². The van der Waals surface area contributed by atoms with E-state index in [-0.39, 0.29) is 5.69 Å². The quantitative estimate of drug-likeness (QED) is 0.652. The fraction of sp³-hybridized carbons (Fsp3) is 0.0769.